The molecule has 2 N–H and O–H groups in total. The molecule has 1 atom stereocenters. The predicted octanol–water partition coefficient (Wildman–Crippen LogP) is 1.65. The summed E-state index contributed by atoms with van der Waals surface area (Å²) in [5.41, 5.74) is 0.433. The molecule has 25 heavy (non-hydrogen) atoms. The van der Waals surface area contributed by atoms with Crippen LogP contribution >= 0.6 is 24.8 Å². The smallest absolute Gasteiger partial charge is 0.273 e. The van der Waals surface area contributed by atoms with Crippen LogP contribution in [-0.2, 0) is 0 Å². The SMILES string of the molecule is CCN1CCCCC1CNC(=O)c1cn(C2CCNCC2)nn1.Cl.Cl. The Bertz CT molecular complexity index is 520. The molecule has 0 aliphatic carbocycles. The normalized spacial score (nSPS) is 21.9. The van der Waals surface area contributed by atoms with E-state index in [0.717, 1.165) is 45.4 Å². The zero-order chi connectivity index (χ0) is 16.1. The van der Waals surface area contributed by atoms with Crippen molar-refractivity contribution in [3.63, 3.8) is 0 Å². The molecule has 0 saturated carbocycles. The third-order valence-electron chi connectivity index (χ3n) is 5.08. The Morgan fingerprint density at radius 1 is 1.28 bits per heavy atom. The van der Waals surface area contributed by atoms with Crippen LogP contribution in [0.1, 0.15) is 55.6 Å². The standard InChI is InChI=1S/C16H28N6O.2ClH/c1-2-21-10-4-3-5-14(21)11-18-16(23)15-12-22(20-19-15)13-6-8-17-9-7-13;;/h12-14,17H,2-11H2,1H3,(H,18,23);2*1H. The van der Waals surface area contributed by atoms with Gasteiger partial charge in [-0.3, -0.25) is 9.69 Å². The molecule has 2 aliphatic heterocycles. The Hall–Kier alpha value is -0.890. The fraction of sp³-hybridized carbons (Fsp3) is 0.812. The lowest BCUT2D eigenvalue weighted by molar-refractivity contribution is 0.0913. The molecule has 0 bridgehead atoms. The molecular formula is C16H30Cl2N6O. The fourth-order valence-corrected chi connectivity index (χ4v) is 3.64. The van der Waals surface area contributed by atoms with Gasteiger partial charge in [0, 0.05) is 12.6 Å². The highest BCUT2D eigenvalue weighted by atomic mass is 35.5. The van der Waals surface area contributed by atoms with Gasteiger partial charge in [0.2, 0.25) is 0 Å². The van der Waals surface area contributed by atoms with E-state index in [1.165, 1.54) is 12.8 Å². The number of nitrogens with one attached hydrogen (secondary N) is 2. The number of likely N-dealkylation sites (tertiary alicyclic amines) is 1. The number of likely N-dealkylation sites (N-methyl/N-ethyl adjacent to an activating group) is 1. The van der Waals surface area contributed by atoms with Crippen molar-refractivity contribution in [2.24, 2.45) is 0 Å². The van der Waals surface area contributed by atoms with Crippen molar-refractivity contribution in [3.8, 4) is 0 Å². The number of halogens is 2. The van der Waals surface area contributed by atoms with Crippen molar-refractivity contribution in [2.75, 3.05) is 32.7 Å². The van der Waals surface area contributed by atoms with Crippen LogP contribution in [-0.4, -0.2) is 64.6 Å². The molecule has 1 aromatic rings. The maximum atomic E-state index is 12.3. The van der Waals surface area contributed by atoms with E-state index in [4.69, 9.17) is 0 Å². The Balaban J connectivity index is 0.00000156. The Labute approximate surface area is 162 Å². The Morgan fingerprint density at radius 3 is 2.76 bits per heavy atom. The minimum Gasteiger partial charge on any atom is -0.349 e. The average molecular weight is 393 g/mol. The largest absolute Gasteiger partial charge is 0.349 e. The van der Waals surface area contributed by atoms with E-state index in [1.807, 2.05) is 4.68 Å². The lowest BCUT2D eigenvalue weighted by Crippen LogP contribution is -2.46. The summed E-state index contributed by atoms with van der Waals surface area (Å²) in [6.07, 6.45) is 7.56. The number of amides is 1. The van der Waals surface area contributed by atoms with Gasteiger partial charge in [-0.1, -0.05) is 18.6 Å². The molecule has 7 nitrogen and oxygen atoms in total. The molecule has 1 amide bonds. The van der Waals surface area contributed by atoms with Gasteiger partial charge in [0.05, 0.1) is 12.2 Å². The van der Waals surface area contributed by atoms with E-state index in [-0.39, 0.29) is 30.7 Å². The summed E-state index contributed by atoms with van der Waals surface area (Å²) in [4.78, 5) is 14.8. The third kappa shape index (κ3) is 5.81. The molecule has 3 rings (SSSR count). The second kappa shape index (κ2) is 11.0. The van der Waals surface area contributed by atoms with Gasteiger partial charge in [-0.25, -0.2) is 4.68 Å². The van der Waals surface area contributed by atoms with Gasteiger partial charge in [0.1, 0.15) is 0 Å². The summed E-state index contributed by atoms with van der Waals surface area (Å²) in [6, 6.07) is 0.816. The monoisotopic (exact) mass is 392 g/mol. The first kappa shape index (κ1) is 22.2. The fourth-order valence-electron chi connectivity index (χ4n) is 3.64. The summed E-state index contributed by atoms with van der Waals surface area (Å²) in [6.45, 7) is 7.08. The second-order valence-corrected chi connectivity index (χ2v) is 6.55. The molecule has 144 valence electrons. The van der Waals surface area contributed by atoms with Crippen LogP contribution in [0.5, 0.6) is 0 Å². The van der Waals surface area contributed by atoms with E-state index in [0.29, 0.717) is 24.3 Å². The van der Waals surface area contributed by atoms with Crippen LogP contribution in [0.2, 0.25) is 0 Å². The summed E-state index contributed by atoms with van der Waals surface area (Å²) in [5.74, 6) is -0.105. The second-order valence-electron chi connectivity index (χ2n) is 6.55. The van der Waals surface area contributed by atoms with Crippen LogP contribution < -0.4 is 10.6 Å². The van der Waals surface area contributed by atoms with Crippen LogP contribution in [0.15, 0.2) is 6.20 Å². The van der Waals surface area contributed by atoms with Crippen molar-refractivity contribution >= 4 is 30.7 Å². The van der Waals surface area contributed by atoms with E-state index in [1.54, 1.807) is 6.20 Å². The molecule has 9 heteroatoms. The summed E-state index contributed by atoms with van der Waals surface area (Å²) >= 11 is 0. The van der Waals surface area contributed by atoms with Crippen molar-refractivity contribution < 1.29 is 4.79 Å². The number of carbonyl (C=O) groups is 1. The number of piperidine rings is 2. The molecule has 0 aromatic carbocycles. The lowest BCUT2D eigenvalue weighted by Gasteiger charge is -2.34. The molecule has 0 radical (unpaired) electrons. The first-order valence-electron chi connectivity index (χ1n) is 8.92. The molecule has 1 unspecified atom stereocenters. The van der Waals surface area contributed by atoms with Crippen LogP contribution in [0, 0.1) is 0 Å². The number of carbonyl (C=O) groups excluding carboxylic acids is 1. The number of hydrogen-bond acceptors (Lipinski definition) is 5. The van der Waals surface area contributed by atoms with Gasteiger partial charge in [-0.05, 0) is 51.9 Å². The first-order valence-corrected chi connectivity index (χ1v) is 8.92. The zero-order valence-corrected chi connectivity index (χ0v) is 16.4. The highest BCUT2D eigenvalue weighted by molar-refractivity contribution is 5.91. The minimum atomic E-state index is -0.105. The molecule has 2 saturated heterocycles. The number of aromatic nitrogens is 3. The minimum absolute atomic E-state index is 0. The van der Waals surface area contributed by atoms with E-state index >= 15 is 0 Å². The Morgan fingerprint density at radius 2 is 2.04 bits per heavy atom. The number of rotatable bonds is 5. The van der Waals surface area contributed by atoms with Crippen LogP contribution in [0.25, 0.3) is 0 Å². The third-order valence-corrected chi connectivity index (χ3v) is 5.08. The van der Waals surface area contributed by atoms with E-state index in [2.05, 4.69) is 32.8 Å². The van der Waals surface area contributed by atoms with Gasteiger partial charge in [0.25, 0.3) is 5.91 Å². The number of hydrogen-bond donors (Lipinski definition) is 2. The van der Waals surface area contributed by atoms with Crippen molar-refractivity contribution in [1.29, 1.82) is 0 Å². The molecule has 3 heterocycles. The average Bonchev–Trinajstić information content (AvgIpc) is 3.11. The van der Waals surface area contributed by atoms with Crippen molar-refractivity contribution in [1.82, 2.24) is 30.5 Å². The molecule has 2 aliphatic rings. The lowest BCUT2D eigenvalue weighted by atomic mass is 10.0. The van der Waals surface area contributed by atoms with Gasteiger partial charge in [-0.15, -0.1) is 29.9 Å². The summed E-state index contributed by atoms with van der Waals surface area (Å²) in [5, 5.41) is 14.6. The highest BCUT2D eigenvalue weighted by Gasteiger charge is 2.23. The quantitative estimate of drug-likeness (QED) is 0.796. The maximum absolute atomic E-state index is 12.3. The van der Waals surface area contributed by atoms with Gasteiger partial charge < -0.3 is 10.6 Å². The predicted molar refractivity (Wildman–Crippen MR) is 103 cm³/mol. The topological polar surface area (TPSA) is 75.1 Å². The van der Waals surface area contributed by atoms with E-state index in [9.17, 15) is 4.79 Å². The summed E-state index contributed by atoms with van der Waals surface area (Å²) in [7, 11) is 0. The van der Waals surface area contributed by atoms with Crippen molar-refractivity contribution in [2.45, 2.75) is 51.1 Å². The Kier molecular flexibility index (Phi) is 9.71. The van der Waals surface area contributed by atoms with Gasteiger partial charge in [-0.2, -0.15) is 0 Å². The molecule has 1 aromatic heterocycles. The molecule has 2 fully saturated rings. The molecular weight excluding hydrogens is 363 g/mol. The maximum Gasteiger partial charge on any atom is 0.273 e. The van der Waals surface area contributed by atoms with Crippen LogP contribution in [0.4, 0.5) is 0 Å². The molecule has 0 spiro atoms. The number of nitrogens with zero attached hydrogens (tertiary/aromatic N) is 4. The van der Waals surface area contributed by atoms with Gasteiger partial charge in [0.15, 0.2) is 5.69 Å². The van der Waals surface area contributed by atoms with E-state index < -0.39 is 0 Å². The summed E-state index contributed by atoms with van der Waals surface area (Å²) < 4.78 is 1.86. The van der Waals surface area contributed by atoms with Gasteiger partial charge >= 0.3 is 0 Å². The van der Waals surface area contributed by atoms with Crippen molar-refractivity contribution in [3.05, 3.63) is 11.9 Å². The zero-order valence-electron chi connectivity index (χ0n) is 14.8. The highest BCUT2D eigenvalue weighted by Crippen LogP contribution is 2.18. The first-order chi connectivity index (χ1) is 11.3. The van der Waals surface area contributed by atoms with Crippen LogP contribution in [0.3, 0.4) is 0 Å².